The van der Waals surface area contributed by atoms with Gasteiger partial charge in [-0.2, -0.15) is 0 Å². The van der Waals surface area contributed by atoms with Gasteiger partial charge in [-0.3, -0.25) is 4.79 Å². The van der Waals surface area contributed by atoms with Crippen LogP contribution in [-0.2, 0) is 14.3 Å². The van der Waals surface area contributed by atoms with Crippen LogP contribution in [0, 0.1) is 0 Å². The molecule has 1 aromatic carbocycles. The van der Waals surface area contributed by atoms with Gasteiger partial charge in [-0.05, 0) is 25.1 Å². The van der Waals surface area contributed by atoms with Gasteiger partial charge in [-0.15, -0.1) is 0 Å². The maximum Gasteiger partial charge on any atom is 0.354 e. The Morgan fingerprint density at radius 1 is 1.43 bits per heavy atom. The molecule has 0 aliphatic heterocycles. The predicted molar refractivity (Wildman–Crippen MR) is 81.7 cm³/mol. The molecule has 2 N–H and O–H groups in total. The molecule has 0 aliphatic rings. The third kappa shape index (κ3) is 3.64. The van der Waals surface area contributed by atoms with Crippen molar-refractivity contribution in [2.75, 3.05) is 6.61 Å². The number of hydrogen-bond donors (Lipinski definition) is 2. The molecule has 0 saturated heterocycles. The van der Waals surface area contributed by atoms with Gasteiger partial charge in [0.15, 0.2) is 0 Å². The second-order valence-electron chi connectivity index (χ2n) is 4.39. The number of rotatable bonds is 4. The van der Waals surface area contributed by atoms with E-state index in [-0.39, 0.29) is 18.2 Å². The summed E-state index contributed by atoms with van der Waals surface area (Å²) in [6.07, 6.45) is 3.31. The minimum Gasteiger partial charge on any atom is -0.461 e. The Kier molecular flexibility index (Phi) is 4.65. The molecule has 0 fully saturated rings. The fourth-order valence-electron chi connectivity index (χ4n) is 1.94. The van der Waals surface area contributed by atoms with Crippen molar-refractivity contribution in [2.24, 2.45) is 0 Å². The summed E-state index contributed by atoms with van der Waals surface area (Å²) >= 11 is 5.93. The van der Waals surface area contributed by atoms with E-state index in [2.05, 4.69) is 10.3 Å². The highest BCUT2D eigenvalue weighted by molar-refractivity contribution is 6.31. The van der Waals surface area contributed by atoms with Gasteiger partial charge in [0.2, 0.25) is 5.91 Å². The zero-order valence-electron chi connectivity index (χ0n) is 11.7. The smallest absolute Gasteiger partial charge is 0.354 e. The third-order valence-electron chi connectivity index (χ3n) is 2.78. The number of ether oxygens (including phenoxy) is 1. The largest absolute Gasteiger partial charge is 0.461 e. The number of aromatic amines is 1. The fourth-order valence-corrected chi connectivity index (χ4v) is 2.11. The molecule has 0 spiro atoms. The average Bonchev–Trinajstić information content (AvgIpc) is 2.80. The van der Waals surface area contributed by atoms with E-state index in [9.17, 15) is 9.59 Å². The lowest BCUT2D eigenvalue weighted by molar-refractivity contribution is -0.139. The lowest BCUT2D eigenvalue weighted by Crippen LogP contribution is -2.26. The third-order valence-corrected chi connectivity index (χ3v) is 3.02. The number of H-pyrrole nitrogens is 1. The Morgan fingerprint density at radius 2 is 2.19 bits per heavy atom. The first-order valence-electron chi connectivity index (χ1n) is 6.44. The number of benzene rings is 1. The predicted octanol–water partition coefficient (Wildman–Crippen LogP) is 2.86. The number of fused-ring (bicyclic) bond motifs is 1. The summed E-state index contributed by atoms with van der Waals surface area (Å²) in [7, 11) is 0. The van der Waals surface area contributed by atoms with Crippen LogP contribution in [0.2, 0.25) is 5.02 Å². The molecule has 0 bridgehead atoms. The number of halogens is 1. The number of amides is 1. The zero-order valence-corrected chi connectivity index (χ0v) is 12.5. The molecule has 0 saturated carbocycles. The number of carbonyl (C=O) groups is 2. The van der Waals surface area contributed by atoms with E-state index in [1.807, 2.05) is 6.07 Å². The van der Waals surface area contributed by atoms with Crippen LogP contribution in [0.3, 0.4) is 0 Å². The van der Waals surface area contributed by atoms with Crippen LogP contribution >= 0.6 is 11.6 Å². The van der Waals surface area contributed by atoms with Gasteiger partial charge >= 0.3 is 5.97 Å². The van der Waals surface area contributed by atoms with Crippen LogP contribution in [0.4, 0.5) is 0 Å². The average molecular weight is 307 g/mol. The maximum absolute atomic E-state index is 11.9. The van der Waals surface area contributed by atoms with Crippen LogP contribution in [0.15, 0.2) is 30.1 Å². The summed E-state index contributed by atoms with van der Waals surface area (Å²) in [4.78, 5) is 26.1. The Morgan fingerprint density at radius 3 is 2.86 bits per heavy atom. The topological polar surface area (TPSA) is 71.2 Å². The van der Waals surface area contributed by atoms with Gasteiger partial charge in [0.25, 0.3) is 0 Å². The molecule has 0 aliphatic carbocycles. The monoisotopic (exact) mass is 306 g/mol. The number of carbonyl (C=O) groups excluding carboxylic acids is 2. The molecule has 5 nitrogen and oxygen atoms in total. The van der Waals surface area contributed by atoms with Crippen LogP contribution in [-0.4, -0.2) is 23.5 Å². The molecule has 0 radical (unpaired) electrons. The van der Waals surface area contributed by atoms with Crippen LogP contribution in [0.5, 0.6) is 0 Å². The molecule has 6 heteroatoms. The molecule has 21 heavy (non-hydrogen) atoms. The van der Waals surface area contributed by atoms with E-state index in [4.69, 9.17) is 16.3 Å². The fraction of sp³-hybridized carbons (Fsp3) is 0.200. The standard InChI is InChI=1S/C15H15ClN2O3/c1-3-21-15(20)14(18-9(2)19)6-10-8-17-13-7-11(16)4-5-12(10)13/h4-8,17H,3H2,1-2H3,(H,18,19)/b14-6-. The Bertz CT molecular complexity index is 719. The van der Waals surface area contributed by atoms with Crippen LogP contribution < -0.4 is 5.32 Å². The molecule has 1 aromatic heterocycles. The van der Waals surface area contributed by atoms with Gasteiger partial charge in [0.05, 0.1) is 6.61 Å². The lowest BCUT2D eigenvalue weighted by atomic mass is 10.1. The second kappa shape index (κ2) is 6.45. The molecule has 2 aromatic rings. The van der Waals surface area contributed by atoms with Crippen molar-refractivity contribution in [3.8, 4) is 0 Å². The van der Waals surface area contributed by atoms with Crippen molar-refractivity contribution in [3.05, 3.63) is 40.7 Å². The molecule has 0 atom stereocenters. The molecular weight excluding hydrogens is 292 g/mol. The minimum absolute atomic E-state index is 0.0974. The van der Waals surface area contributed by atoms with Crippen molar-refractivity contribution in [1.82, 2.24) is 10.3 Å². The lowest BCUT2D eigenvalue weighted by Gasteiger charge is -2.07. The molecule has 2 rings (SSSR count). The van der Waals surface area contributed by atoms with E-state index in [0.717, 1.165) is 16.5 Å². The SMILES string of the molecule is CCOC(=O)/C(=C/c1c[nH]c2cc(Cl)ccc12)NC(C)=O. The molecule has 0 unspecified atom stereocenters. The molecule has 1 heterocycles. The van der Waals surface area contributed by atoms with Crippen molar-refractivity contribution in [3.63, 3.8) is 0 Å². The quantitative estimate of drug-likeness (QED) is 0.674. The summed E-state index contributed by atoms with van der Waals surface area (Å²) < 4.78 is 4.93. The summed E-state index contributed by atoms with van der Waals surface area (Å²) in [6.45, 7) is 3.28. The van der Waals surface area contributed by atoms with Crippen LogP contribution in [0.25, 0.3) is 17.0 Å². The molecule has 1 amide bonds. The normalized spacial score (nSPS) is 11.5. The highest BCUT2D eigenvalue weighted by Crippen LogP contribution is 2.23. The summed E-state index contributed by atoms with van der Waals surface area (Å²) in [5.41, 5.74) is 1.71. The van der Waals surface area contributed by atoms with Gasteiger partial charge in [-0.25, -0.2) is 4.79 Å². The van der Waals surface area contributed by atoms with Crippen LogP contribution in [0.1, 0.15) is 19.4 Å². The first-order chi connectivity index (χ1) is 10.0. The first-order valence-corrected chi connectivity index (χ1v) is 6.82. The van der Waals surface area contributed by atoms with E-state index in [1.165, 1.54) is 6.92 Å². The van der Waals surface area contributed by atoms with Crippen molar-refractivity contribution < 1.29 is 14.3 Å². The highest BCUT2D eigenvalue weighted by Gasteiger charge is 2.13. The number of esters is 1. The highest BCUT2D eigenvalue weighted by atomic mass is 35.5. The number of nitrogens with one attached hydrogen (secondary N) is 2. The van der Waals surface area contributed by atoms with Gasteiger partial charge < -0.3 is 15.0 Å². The maximum atomic E-state index is 11.9. The first kappa shape index (κ1) is 15.1. The van der Waals surface area contributed by atoms with Gasteiger partial charge in [-0.1, -0.05) is 17.7 Å². The number of aromatic nitrogens is 1. The van der Waals surface area contributed by atoms with E-state index >= 15 is 0 Å². The Balaban J connectivity index is 2.43. The van der Waals surface area contributed by atoms with Crippen molar-refractivity contribution >= 4 is 40.5 Å². The Hall–Kier alpha value is -2.27. The van der Waals surface area contributed by atoms with Gasteiger partial charge in [0, 0.05) is 34.6 Å². The van der Waals surface area contributed by atoms with Gasteiger partial charge in [0.1, 0.15) is 5.70 Å². The summed E-state index contributed by atoms with van der Waals surface area (Å²) in [6, 6.07) is 5.39. The zero-order chi connectivity index (χ0) is 15.4. The van der Waals surface area contributed by atoms with E-state index < -0.39 is 5.97 Å². The number of hydrogen-bond acceptors (Lipinski definition) is 3. The van der Waals surface area contributed by atoms with E-state index in [0.29, 0.717) is 5.02 Å². The Labute approximate surface area is 126 Å². The summed E-state index contributed by atoms with van der Waals surface area (Å²) in [5, 5.41) is 4.00. The van der Waals surface area contributed by atoms with E-state index in [1.54, 1.807) is 31.3 Å². The molecular formula is C15H15ClN2O3. The van der Waals surface area contributed by atoms with Crippen molar-refractivity contribution in [1.29, 1.82) is 0 Å². The molecule has 110 valence electrons. The second-order valence-corrected chi connectivity index (χ2v) is 4.83. The summed E-state index contributed by atoms with van der Waals surface area (Å²) in [5.74, 6) is -0.909. The van der Waals surface area contributed by atoms with Crippen molar-refractivity contribution in [2.45, 2.75) is 13.8 Å². The minimum atomic E-state index is -0.573.